The van der Waals surface area contributed by atoms with Crippen LogP contribution in [-0.4, -0.2) is 112 Å². The minimum atomic E-state index is -0.00431. The maximum Gasteiger partial charge on any atom is 0.272 e. The molecule has 3 fully saturated rings. The van der Waals surface area contributed by atoms with Crippen molar-refractivity contribution < 1.29 is 23.7 Å². The number of rotatable bonds is 6. The predicted octanol–water partition coefficient (Wildman–Crippen LogP) is 1.88. The number of nitrogens with zero attached hydrogens (tertiary/aromatic N) is 5. The van der Waals surface area contributed by atoms with Gasteiger partial charge in [-0.1, -0.05) is 0 Å². The number of piperazine rings is 1. The lowest BCUT2D eigenvalue weighted by atomic mass is 9.99. The summed E-state index contributed by atoms with van der Waals surface area (Å²) in [6.45, 7) is 9.29. The maximum absolute atomic E-state index is 13.5. The van der Waals surface area contributed by atoms with Crippen LogP contribution >= 0.6 is 0 Å². The highest BCUT2D eigenvalue weighted by atomic mass is 16.6. The second-order valence-electron chi connectivity index (χ2n) is 11.0. The number of methoxy groups -OCH3 is 1. The molecule has 3 saturated heterocycles. The van der Waals surface area contributed by atoms with Crippen LogP contribution in [0, 0.1) is 6.92 Å². The van der Waals surface area contributed by atoms with Gasteiger partial charge in [-0.2, -0.15) is 0 Å². The Kier molecular flexibility index (Phi) is 8.22. The van der Waals surface area contributed by atoms with Gasteiger partial charge in [0.1, 0.15) is 31.1 Å². The number of anilines is 2. The minimum Gasteiger partial charge on any atom is -0.486 e. The Hall–Kier alpha value is -3.15. The van der Waals surface area contributed by atoms with Crippen LogP contribution in [0.2, 0.25) is 0 Å². The molecule has 0 saturated carbocycles. The molecule has 0 bridgehead atoms. The molecule has 4 aliphatic heterocycles. The summed E-state index contributed by atoms with van der Waals surface area (Å²) in [5.74, 6) is 2.46. The van der Waals surface area contributed by atoms with Gasteiger partial charge < -0.3 is 39.0 Å². The number of carbonyl (C=O) groups is 1. The topological polar surface area (TPSA) is 102 Å². The van der Waals surface area contributed by atoms with E-state index in [-0.39, 0.29) is 12.0 Å². The van der Waals surface area contributed by atoms with Crippen LogP contribution < -0.4 is 24.6 Å². The molecule has 2 atom stereocenters. The second-order valence-corrected chi connectivity index (χ2v) is 11.0. The minimum absolute atomic E-state index is 0.00431. The predicted molar refractivity (Wildman–Crippen MR) is 151 cm³/mol. The van der Waals surface area contributed by atoms with Crippen LogP contribution in [0.1, 0.15) is 35.3 Å². The zero-order chi connectivity index (χ0) is 27.5. The van der Waals surface area contributed by atoms with Crippen molar-refractivity contribution in [2.45, 2.75) is 44.4 Å². The number of carbonyl (C=O) groups excluding carboxylic acids is 1. The SMILES string of the molecule is COC1COCCC1NC1CCN(C(=O)c2ncnc(N3CCN(c4ccc5c(c4)OCCO5)CC3)c2C)CC1. The molecule has 2 aromatic rings. The molecule has 5 heterocycles. The fraction of sp³-hybridized carbons (Fsp3) is 0.621. The molecule has 40 heavy (non-hydrogen) atoms. The molecule has 1 amide bonds. The van der Waals surface area contributed by atoms with Crippen LogP contribution in [0.5, 0.6) is 11.5 Å². The molecule has 0 radical (unpaired) electrons. The van der Waals surface area contributed by atoms with Gasteiger partial charge in [-0.15, -0.1) is 0 Å². The number of piperidine rings is 1. The Morgan fingerprint density at radius 2 is 1.70 bits per heavy atom. The number of likely N-dealkylation sites (tertiary alicyclic amines) is 1. The molecule has 0 aliphatic carbocycles. The summed E-state index contributed by atoms with van der Waals surface area (Å²) in [5.41, 5.74) is 2.49. The summed E-state index contributed by atoms with van der Waals surface area (Å²) in [6, 6.07) is 6.82. The zero-order valence-electron chi connectivity index (χ0n) is 23.5. The molecular formula is C29H40N6O5. The number of ether oxygens (including phenoxy) is 4. The van der Waals surface area contributed by atoms with Gasteiger partial charge in [0.15, 0.2) is 11.5 Å². The molecule has 1 aromatic carbocycles. The quantitative estimate of drug-likeness (QED) is 0.572. The van der Waals surface area contributed by atoms with Gasteiger partial charge in [-0.3, -0.25) is 4.79 Å². The third-order valence-corrected chi connectivity index (χ3v) is 8.57. The number of amides is 1. The fourth-order valence-corrected chi connectivity index (χ4v) is 6.22. The normalized spacial score (nSPS) is 23.8. The third kappa shape index (κ3) is 5.68. The summed E-state index contributed by atoms with van der Waals surface area (Å²) >= 11 is 0. The van der Waals surface area contributed by atoms with E-state index in [2.05, 4.69) is 37.2 Å². The van der Waals surface area contributed by atoms with Crippen molar-refractivity contribution in [2.24, 2.45) is 0 Å². The van der Waals surface area contributed by atoms with E-state index >= 15 is 0 Å². The Bertz CT molecular complexity index is 1180. The largest absolute Gasteiger partial charge is 0.486 e. The first kappa shape index (κ1) is 27.0. The number of nitrogens with one attached hydrogen (secondary N) is 1. The molecule has 216 valence electrons. The Balaban J connectivity index is 1.05. The number of fused-ring (bicyclic) bond motifs is 1. The van der Waals surface area contributed by atoms with Crippen LogP contribution in [0.25, 0.3) is 0 Å². The lowest BCUT2D eigenvalue weighted by Crippen LogP contribution is -2.54. The summed E-state index contributed by atoms with van der Waals surface area (Å²) < 4.78 is 22.6. The molecule has 11 nitrogen and oxygen atoms in total. The molecule has 11 heteroatoms. The van der Waals surface area contributed by atoms with Crippen molar-refractivity contribution in [3.8, 4) is 11.5 Å². The van der Waals surface area contributed by atoms with Crippen molar-refractivity contribution in [1.29, 1.82) is 0 Å². The Morgan fingerprint density at radius 3 is 2.48 bits per heavy atom. The molecule has 1 aromatic heterocycles. The van der Waals surface area contributed by atoms with Crippen LogP contribution in [-0.2, 0) is 9.47 Å². The molecule has 2 unspecified atom stereocenters. The van der Waals surface area contributed by atoms with Crippen LogP contribution in [0.4, 0.5) is 11.5 Å². The summed E-state index contributed by atoms with van der Waals surface area (Å²) in [4.78, 5) is 29.1. The average Bonchev–Trinajstić information content (AvgIpc) is 3.01. The first-order valence-electron chi connectivity index (χ1n) is 14.5. The van der Waals surface area contributed by atoms with Gasteiger partial charge in [0, 0.05) is 82.4 Å². The number of benzene rings is 1. The third-order valence-electron chi connectivity index (χ3n) is 8.57. The molecule has 0 spiro atoms. The van der Waals surface area contributed by atoms with E-state index in [9.17, 15) is 4.79 Å². The molecule has 4 aliphatic rings. The van der Waals surface area contributed by atoms with E-state index in [0.29, 0.717) is 50.7 Å². The van der Waals surface area contributed by atoms with Crippen molar-refractivity contribution >= 4 is 17.4 Å². The second kappa shape index (κ2) is 12.2. The maximum atomic E-state index is 13.5. The highest BCUT2D eigenvalue weighted by Crippen LogP contribution is 2.34. The van der Waals surface area contributed by atoms with Crippen molar-refractivity contribution in [3.63, 3.8) is 0 Å². The Labute approximate surface area is 235 Å². The van der Waals surface area contributed by atoms with Crippen molar-refractivity contribution in [3.05, 3.63) is 35.8 Å². The molecule has 1 N–H and O–H groups in total. The van der Waals surface area contributed by atoms with Gasteiger partial charge in [-0.25, -0.2) is 9.97 Å². The number of hydrogen-bond acceptors (Lipinski definition) is 10. The average molecular weight is 553 g/mol. The van der Waals surface area contributed by atoms with Gasteiger partial charge in [0.05, 0.1) is 12.7 Å². The lowest BCUT2D eigenvalue weighted by Gasteiger charge is -2.38. The van der Waals surface area contributed by atoms with E-state index in [1.54, 1.807) is 7.11 Å². The molecule has 6 rings (SSSR count). The van der Waals surface area contributed by atoms with Gasteiger partial charge in [-0.05, 0) is 38.3 Å². The molecular weight excluding hydrogens is 512 g/mol. The van der Waals surface area contributed by atoms with E-state index in [1.807, 2.05) is 17.9 Å². The Morgan fingerprint density at radius 1 is 0.950 bits per heavy atom. The summed E-state index contributed by atoms with van der Waals surface area (Å²) in [6.07, 6.45) is 4.40. The van der Waals surface area contributed by atoms with Gasteiger partial charge in [0.2, 0.25) is 0 Å². The summed E-state index contributed by atoms with van der Waals surface area (Å²) in [7, 11) is 1.74. The smallest absolute Gasteiger partial charge is 0.272 e. The van der Waals surface area contributed by atoms with Gasteiger partial charge in [0.25, 0.3) is 5.91 Å². The first-order valence-corrected chi connectivity index (χ1v) is 14.5. The first-order chi connectivity index (χ1) is 19.6. The highest BCUT2D eigenvalue weighted by molar-refractivity contribution is 5.94. The van der Waals surface area contributed by atoms with Crippen LogP contribution in [0.15, 0.2) is 24.5 Å². The zero-order valence-corrected chi connectivity index (χ0v) is 23.5. The highest BCUT2D eigenvalue weighted by Gasteiger charge is 2.32. The van der Waals surface area contributed by atoms with Crippen molar-refractivity contribution in [2.75, 3.05) is 82.6 Å². The summed E-state index contributed by atoms with van der Waals surface area (Å²) in [5, 5.41) is 3.76. The van der Waals surface area contributed by atoms with E-state index < -0.39 is 0 Å². The van der Waals surface area contributed by atoms with E-state index in [4.69, 9.17) is 18.9 Å². The van der Waals surface area contributed by atoms with E-state index in [0.717, 1.165) is 80.6 Å². The van der Waals surface area contributed by atoms with E-state index in [1.165, 1.54) is 6.33 Å². The van der Waals surface area contributed by atoms with Gasteiger partial charge >= 0.3 is 0 Å². The number of aromatic nitrogens is 2. The monoisotopic (exact) mass is 552 g/mol. The fourth-order valence-electron chi connectivity index (χ4n) is 6.22. The lowest BCUT2D eigenvalue weighted by molar-refractivity contribution is -0.0533. The van der Waals surface area contributed by atoms with Crippen molar-refractivity contribution in [1.82, 2.24) is 20.2 Å². The van der Waals surface area contributed by atoms with Crippen LogP contribution in [0.3, 0.4) is 0 Å². The number of hydrogen-bond donors (Lipinski definition) is 1. The standard InChI is InChI=1S/C29H40N6O5/c1-20-27(29(36)35-8-5-21(6-9-35)32-23-7-14-38-18-26(23)37-2)30-19-31-28(20)34-12-10-33(11-13-34)22-3-4-24-25(17-22)40-16-15-39-24/h3-4,17,19,21,23,26,32H,5-16,18H2,1-2H3.